The van der Waals surface area contributed by atoms with E-state index in [9.17, 15) is 0 Å². The number of morpholine rings is 1. The van der Waals surface area contributed by atoms with Crippen LogP contribution in [0.2, 0.25) is 0 Å². The highest BCUT2D eigenvalue weighted by atomic mass is 16.5. The Labute approximate surface area is 120 Å². The molecular formula is C17H23NO2. The van der Waals surface area contributed by atoms with Crippen LogP contribution in [0.25, 0.3) is 0 Å². The van der Waals surface area contributed by atoms with E-state index in [1.807, 2.05) is 0 Å². The van der Waals surface area contributed by atoms with Crippen LogP contribution in [0.1, 0.15) is 43.2 Å². The van der Waals surface area contributed by atoms with Gasteiger partial charge in [0.05, 0.1) is 12.7 Å². The normalized spacial score (nSPS) is 30.9. The fourth-order valence-corrected chi connectivity index (χ4v) is 4.36. The summed E-state index contributed by atoms with van der Waals surface area (Å²) >= 11 is 0. The van der Waals surface area contributed by atoms with E-state index in [0.29, 0.717) is 0 Å². The molecule has 1 N–H and O–H groups in total. The smallest absolute Gasteiger partial charge is 0.119 e. The number of hydrogen-bond acceptors (Lipinski definition) is 3. The molecule has 0 amide bonds. The second-order valence-corrected chi connectivity index (χ2v) is 6.61. The largest absolute Gasteiger partial charge is 0.497 e. The van der Waals surface area contributed by atoms with Gasteiger partial charge in [-0.3, -0.25) is 0 Å². The molecule has 1 aromatic rings. The molecule has 2 aliphatic carbocycles. The Kier molecular flexibility index (Phi) is 2.83. The molecular weight excluding hydrogens is 250 g/mol. The summed E-state index contributed by atoms with van der Waals surface area (Å²) in [4.78, 5) is 0. The molecule has 2 spiro atoms. The zero-order valence-electron chi connectivity index (χ0n) is 12.2. The van der Waals surface area contributed by atoms with E-state index in [1.54, 1.807) is 7.11 Å². The molecule has 1 unspecified atom stereocenters. The predicted molar refractivity (Wildman–Crippen MR) is 78.1 cm³/mol. The van der Waals surface area contributed by atoms with Gasteiger partial charge in [-0.1, -0.05) is 18.9 Å². The SMILES string of the molecule is COc1ccc2c(c1)C1(CC2)CNCC2(CCCC2)O1. The molecule has 20 heavy (non-hydrogen) atoms. The predicted octanol–water partition coefficient (Wildman–Crippen LogP) is 2.77. The third-order valence-corrected chi connectivity index (χ3v) is 5.39. The van der Waals surface area contributed by atoms with Crippen LogP contribution in [-0.2, 0) is 16.8 Å². The molecule has 1 atom stereocenters. The summed E-state index contributed by atoms with van der Waals surface area (Å²) in [5.41, 5.74) is 2.76. The van der Waals surface area contributed by atoms with Gasteiger partial charge in [0.1, 0.15) is 11.4 Å². The standard InChI is InChI=1S/C17H23NO2/c1-19-14-5-4-13-6-9-17(15(13)10-14)12-18-11-16(20-17)7-2-3-8-16/h4-5,10,18H,2-3,6-9,11-12H2,1H3. The van der Waals surface area contributed by atoms with Gasteiger partial charge in [0.2, 0.25) is 0 Å². The Morgan fingerprint density at radius 1 is 1.15 bits per heavy atom. The average molecular weight is 273 g/mol. The van der Waals surface area contributed by atoms with E-state index in [0.717, 1.165) is 31.7 Å². The minimum atomic E-state index is -0.119. The summed E-state index contributed by atoms with van der Waals surface area (Å²) in [5.74, 6) is 0.944. The zero-order valence-corrected chi connectivity index (χ0v) is 12.2. The van der Waals surface area contributed by atoms with Crippen molar-refractivity contribution >= 4 is 0 Å². The first-order valence-electron chi connectivity index (χ1n) is 7.84. The second-order valence-electron chi connectivity index (χ2n) is 6.61. The molecule has 1 aliphatic heterocycles. The van der Waals surface area contributed by atoms with E-state index < -0.39 is 0 Å². The topological polar surface area (TPSA) is 30.5 Å². The molecule has 0 radical (unpaired) electrons. The third-order valence-electron chi connectivity index (χ3n) is 5.39. The van der Waals surface area contributed by atoms with Gasteiger partial charge in [-0.05, 0) is 48.9 Å². The van der Waals surface area contributed by atoms with Crippen LogP contribution >= 0.6 is 0 Å². The highest BCUT2D eigenvalue weighted by molar-refractivity contribution is 5.43. The Morgan fingerprint density at radius 2 is 2.00 bits per heavy atom. The highest BCUT2D eigenvalue weighted by Gasteiger charge is 2.50. The quantitative estimate of drug-likeness (QED) is 0.853. The molecule has 1 aromatic carbocycles. The maximum atomic E-state index is 6.79. The van der Waals surface area contributed by atoms with E-state index >= 15 is 0 Å². The lowest BCUT2D eigenvalue weighted by molar-refractivity contribution is -0.180. The summed E-state index contributed by atoms with van der Waals surface area (Å²) in [7, 11) is 1.74. The van der Waals surface area contributed by atoms with Crippen LogP contribution in [-0.4, -0.2) is 25.8 Å². The second kappa shape index (κ2) is 4.47. The van der Waals surface area contributed by atoms with Gasteiger partial charge >= 0.3 is 0 Å². The molecule has 3 nitrogen and oxygen atoms in total. The number of fused-ring (bicyclic) bond motifs is 2. The summed E-state index contributed by atoms with van der Waals surface area (Å²) < 4.78 is 12.2. The zero-order chi connectivity index (χ0) is 13.6. The van der Waals surface area contributed by atoms with Crippen molar-refractivity contribution in [3.63, 3.8) is 0 Å². The fourth-order valence-electron chi connectivity index (χ4n) is 4.36. The minimum absolute atomic E-state index is 0.0862. The van der Waals surface area contributed by atoms with Crippen LogP contribution in [0.3, 0.4) is 0 Å². The first-order valence-corrected chi connectivity index (χ1v) is 7.84. The number of nitrogens with one attached hydrogen (secondary N) is 1. The molecule has 2 fully saturated rings. The molecule has 3 aliphatic rings. The van der Waals surface area contributed by atoms with Crippen LogP contribution in [0, 0.1) is 0 Å². The Hall–Kier alpha value is -1.06. The van der Waals surface area contributed by atoms with E-state index in [1.165, 1.54) is 36.8 Å². The van der Waals surface area contributed by atoms with Gasteiger partial charge in [0.25, 0.3) is 0 Å². The van der Waals surface area contributed by atoms with Crippen molar-refractivity contribution in [3.05, 3.63) is 29.3 Å². The number of methoxy groups -OCH3 is 1. The van der Waals surface area contributed by atoms with Gasteiger partial charge in [-0.2, -0.15) is 0 Å². The molecule has 108 valence electrons. The van der Waals surface area contributed by atoms with Gasteiger partial charge in [0, 0.05) is 13.1 Å². The maximum Gasteiger partial charge on any atom is 0.119 e. The average Bonchev–Trinajstić information content (AvgIpc) is 3.05. The summed E-state index contributed by atoms with van der Waals surface area (Å²) in [5, 5.41) is 3.66. The number of hydrogen-bond donors (Lipinski definition) is 1. The summed E-state index contributed by atoms with van der Waals surface area (Å²) in [6.07, 6.45) is 7.26. The van der Waals surface area contributed by atoms with Crippen molar-refractivity contribution in [1.82, 2.24) is 5.32 Å². The lowest BCUT2D eigenvalue weighted by atomic mass is 9.89. The Morgan fingerprint density at radius 3 is 2.80 bits per heavy atom. The van der Waals surface area contributed by atoms with Crippen molar-refractivity contribution in [1.29, 1.82) is 0 Å². The number of aryl methyl sites for hydroxylation is 1. The molecule has 3 heteroatoms. The van der Waals surface area contributed by atoms with Crippen LogP contribution in [0.4, 0.5) is 0 Å². The van der Waals surface area contributed by atoms with Crippen LogP contribution in [0.5, 0.6) is 5.75 Å². The molecule has 0 aromatic heterocycles. The van der Waals surface area contributed by atoms with Crippen molar-refractivity contribution in [2.45, 2.75) is 49.7 Å². The molecule has 4 rings (SSSR count). The first kappa shape index (κ1) is 12.7. The Balaban J connectivity index is 1.72. The molecule has 0 bridgehead atoms. The van der Waals surface area contributed by atoms with E-state index in [2.05, 4.69) is 23.5 Å². The lowest BCUT2D eigenvalue weighted by Crippen LogP contribution is -2.57. The first-order chi connectivity index (χ1) is 9.75. The van der Waals surface area contributed by atoms with Crippen molar-refractivity contribution in [3.8, 4) is 5.75 Å². The van der Waals surface area contributed by atoms with Crippen molar-refractivity contribution < 1.29 is 9.47 Å². The lowest BCUT2D eigenvalue weighted by Gasteiger charge is -2.46. The van der Waals surface area contributed by atoms with E-state index in [-0.39, 0.29) is 11.2 Å². The van der Waals surface area contributed by atoms with E-state index in [4.69, 9.17) is 9.47 Å². The van der Waals surface area contributed by atoms with Gasteiger partial charge in [-0.25, -0.2) is 0 Å². The molecule has 1 saturated carbocycles. The number of rotatable bonds is 1. The summed E-state index contributed by atoms with van der Waals surface area (Å²) in [6.45, 7) is 1.96. The van der Waals surface area contributed by atoms with Gasteiger partial charge < -0.3 is 14.8 Å². The molecule has 1 saturated heterocycles. The number of ether oxygens (including phenoxy) is 2. The fraction of sp³-hybridized carbons (Fsp3) is 0.647. The number of benzene rings is 1. The third kappa shape index (κ3) is 1.80. The highest BCUT2D eigenvalue weighted by Crippen LogP contribution is 2.48. The maximum absolute atomic E-state index is 6.79. The van der Waals surface area contributed by atoms with Crippen molar-refractivity contribution in [2.75, 3.05) is 20.2 Å². The monoisotopic (exact) mass is 273 g/mol. The van der Waals surface area contributed by atoms with Crippen LogP contribution in [0.15, 0.2) is 18.2 Å². The van der Waals surface area contributed by atoms with Gasteiger partial charge in [0.15, 0.2) is 0 Å². The van der Waals surface area contributed by atoms with Gasteiger partial charge in [-0.15, -0.1) is 0 Å². The summed E-state index contributed by atoms with van der Waals surface area (Å²) in [6, 6.07) is 6.47. The van der Waals surface area contributed by atoms with Crippen molar-refractivity contribution in [2.24, 2.45) is 0 Å². The molecule has 1 heterocycles. The van der Waals surface area contributed by atoms with Crippen LogP contribution < -0.4 is 10.1 Å². The Bertz CT molecular complexity index is 518. The minimum Gasteiger partial charge on any atom is -0.497 e.